The third kappa shape index (κ3) is 3.91. The van der Waals surface area contributed by atoms with Crippen LogP contribution >= 0.6 is 0 Å². The van der Waals surface area contributed by atoms with Crippen LogP contribution in [0.15, 0.2) is 36.4 Å². The summed E-state index contributed by atoms with van der Waals surface area (Å²) in [6.07, 6.45) is -3.77. The van der Waals surface area contributed by atoms with Crippen LogP contribution < -0.4 is 4.90 Å². The van der Waals surface area contributed by atoms with E-state index in [9.17, 15) is 17.6 Å². The second-order valence-corrected chi connectivity index (χ2v) is 6.73. The lowest BCUT2D eigenvalue weighted by atomic mass is 10.2. The van der Waals surface area contributed by atoms with E-state index in [2.05, 4.69) is 20.2 Å². The van der Waals surface area contributed by atoms with E-state index in [-0.39, 0.29) is 11.5 Å². The van der Waals surface area contributed by atoms with Crippen LogP contribution in [0.25, 0.3) is 5.65 Å². The first-order valence-electron chi connectivity index (χ1n) is 8.91. The predicted molar refractivity (Wildman–Crippen MR) is 94.3 cm³/mol. The predicted octanol–water partition coefficient (Wildman–Crippen LogP) is 2.99. The minimum absolute atomic E-state index is 0.0591. The van der Waals surface area contributed by atoms with Crippen molar-refractivity contribution in [2.24, 2.45) is 0 Å². The highest BCUT2D eigenvalue weighted by Gasteiger charge is 2.37. The summed E-state index contributed by atoms with van der Waals surface area (Å²) in [5.74, 6) is -0.932. The van der Waals surface area contributed by atoms with Crippen LogP contribution in [0.2, 0.25) is 0 Å². The number of anilines is 1. The summed E-state index contributed by atoms with van der Waals surface area (Å²) in [5.41, 5.74) is 1.08. The summed E-state index contributed by atoms with van der Waals surface area (Å²) < 4.78 is 53.0. The Morgan fingerprint density at radius 3 is 2.43 bits per heavy atom. The average Bonchev–Trinajstić information content (AvgIpc) is 2.96. The molecule has 28 heavy (non-hydrogen) atoms. The number of rotatable bonds is 3. The molecule has 0 atom stereocenters. The molecule has 148 valence electrons. The number of halogens is 4. The Hall–Kier alpha value is -2.75. The molecule has 0 bridgehead atoms. The van der Waals surface area contributed by atoms with Gasteiger partial charge in [-0.05, 0) is 36.2 Å². The van der Waals surface area contributed by atoms with Crippen molar-refractivity contribution in [2.45, 2.75) is 19.1 Å². The first-order valence-corrected chi connectivity index (χ1v) is 8.91. The number of aromatic nitrogens is 4. The Bertz CT molecular complexity index is 953. The van der Waals surface area contributed by atoms with Crippen molar-refractivity contribution in [1.82, 2.24) is 24.7 Å². The molecule has 4 rings (SSSR count). The lowest BCUT2D eigenvalue weighted by Crippen LogP contribution is -2.31. The molecule has 0 spiro atoms. The molecule has 1 aliphatic heterocycles. The van der Waals surface area contributed by atoms with Crippen molar-refractivity contribution in [3.8, 4) is 0 Å². The minimum atomic E-state index is -4.62. The molecule has 10 heteroatoms. The van der Waals surface area contributed by atoms with Gasteiger partial charge in [-0.2, -0.15) is 17.7 Å². The molecule has 0 unspecified atom stereocenters. The second kappa shape index (κ2) is 7.34. The zero-order chi connectivity index (χ0) is 19.7. The number of nitrogens with zero attached hydrogens (tertiary/aromatic N) is 6. The lowest BCUT2D eigenvalue weighted by Gasteiger charge is -2.22. The van der Waals surface area contributed by atoms with Crippen molar-refractivity contribution in [1.29, 1.82) is 0 Å². The Kier molecular flexibility index (Phi) is 4.88. The monoisotopic (exact) mass is 394 g/mol. The van der Waals surface area contributed by atoms with Gasteiger partial charge in [0.05, 0.1) is 0 Å². The van der Waals surface area contributed by atoms with Gasteiger partial charge in [0.1, 0.15) is 11.6 Å². The molecule has 3 aromatic rings. The number of hydrogen-bond donors (Lipinski definition) is 0. The first-order chi connectivity index (χ1) is 13.4. The van der Waals surface area contributed by atoms with Crippen LogP contribution in [0.3, 0.4) is 0 Å². The SMILES string of the molecule is Fc1ccc(CN2CCCN(c3ccc4nnc(C(F)(F)F)n4n3)CC2)cc1. The number of benzene rings is 1. The minimum Gasteiger partial charge on any atom is -0.354 e. The third-order valence-electron chi connectivity index (χ3n) is 4.73. The van der Waals surface area contributed by atoms with Gasteiger partial charge in [-0.15, -0.1) is 15.3 Å². The summed E-state index contributed by atoms with van der Waals surface area (Å²) >= 11 is 0. The van der Waals surface area contributed by atoms with Crippen LogP contribution in [-0.2, 0) is 12.7 Å². The number of fused-ring (bicyclic) bond motifs is 1. The number of hydrogen-bond acceptors (Lipinski definition) is 5. The van der Waals surface area contributed by atoms with Crippen molar-refractivity contribution >= 4 is 11.5 Å². The number of alkyl halides is 3. The first kappa shape index (κ1) is 18.6. The van der Waals surface area contributed by atoms with Crippen molar-refractivity contribution in [3.05, 3.63) is 53.6 Å². The van der Waals surface area contributed by atoms with Crippen LogP contribution in [0.4, 0.5) is 23.4 Å². The fourth-order valence-corrected chi connectivity index (χ4v) is 3.33. The third-order valence-corrected chi connectivity index (χ3v) is 4.73. The van der Waals surface area contributed by atoms with Gasteiger partial charge in [-0.25, -0.2) is 4.39 Å². The molecule has 0 amide bonds. The molecule has 0 aliphatic carbocycles. The van der Waals surface area contributed by atoms with E-state index in [0.717, 1.165) is 29.6 Å². The van der Waals surface area contributed by atoms with Crippen LogP contribution in [0.5, 0.6) is 0 Å². The van der Waals surface area contributed by atoms with E-state index >= 15 is 0 Å². The second-order valence-electron chi connectivity index (χ2n) is 6.73. The van der Waals surface area contributed by atoms with E-state index in [1.165, 1.54) is 18.2 Å². The van der Waals surface area contributed by atoms with E-state index in [1.54, 1.807) is 18.2 Å². The van der Waals surface area contributed by atoms with Crippen molar-refractivity contribution in [3.63, 3.8) is 0 Å². The highest BCUT2D eigenvalue weighted by Crippen LogP contribution is 2.28. The molecule has 0 N–H and O–H groups in total. The van der Waals surface area contributed by atoms with E-state index in [4.69, 9.17) is 0 Å². The molecular weight excluding hydrogens is 376 g/mol. The van der Waals surface area contributed by atoms with Gasteiger partial charge < -0.3 is 4.90 Å². The fourth-order valence-electron chi connectivity index (χ4n) is 3.33. The smallest absolute Gasteiger partial charge is 0.354 e. The topological polar surface area (TPSA) is 49.6 Å². The Labute approximate surface area is 158 Å². The molecule has 1 aliphatic rings. The maximum atomic E-state index is 13.1. The normalized spacial score (nSPS) is 16.5. The summed E-state index contributed by atoms with van der Waals surface area (Å²) in [6, 6.07) is 9.56. The molecule has 0 radical (unpaired) electrons. The maximum Gasteiger partial charge on any atom is 0.453 e. The Morgan fingerprint density at radius 1 is 0.893 bits per heavy atom. The molecule has 2 aromatic heterocycles. The fraction of sp³-hybridized carbons (Fsp3) is 0.389. The zero-order valence-corrected chi connectivity index (χ0v) is 14.9. The Balaban J connectivity index is 1.48. The summed E-state index contributed by atoms with van der Waals surface area (Å²) in [5, 5.41) is 10.9. The lowest BCUT2D eigenvalue weighted by molar-refractivity contribution is -0.146. The summed E-state index contributed by atoms with van der Waals surface area (Å²) in [7, 11) is 0. The van der Waals surface area contributed by atoms with E-state index in [0.29, 0.717) is 25.5 Å². The standard InChI is InChI=1S/C18H18F4N6/c19-14-4-2-13(3-5-14)12-26-8-1-9-27(11-10-26)16-7-6-15-23-24-17(18(20,21)22)28(15)25-16/h2-7H,1,8-12H2. The van der Waals surface area contributed by atoms with Gasteiger partial charge >= 0.3 is 6.18 Å². The highest BCUT2D eigenvalue weighted by atomic mass is 19.4. The summed E-state index contributed by atoms with van der Waals surface area (Å²) in [6.45, 7) is 3.58. The van der Waals surface area contributed by atoms with Gasteiger partial charge in [0.15, 0.2) is 5.65 Å². The van der Waals surface area contributed by atoms with Gasteiger partial charge in [0.25, 0.3) is 5.82 Å². The molecule has 0 saturated carbocycles. The van der Waals surface area contributed by atoms with Crippen LogP contribution in [-0.4, -0.2) is 50.9 Å². The quantitative estimate of drug-likeness (QED) is 0.640. The maximum absolute atomic E-state index is 13.1. The molecule has 1 aromatic carbocycles. The summed E-state index contributed by atoms with van der Waals surface area (Å²) in [4.78, 5) is 4.20. The molecule has 3 heterocycles. The Morgan fingerprint density at radius 2 is 1.68 bits per heavy atom. The van der Waals surface area contributed by atoms with Gasteiger partial charge in [-0.3, -0.25) is 4.90 Å². The molecule has 1 saturated heterocycles. The van der Waals surface area contributed by atoms with Gasteiger partial charge in [-0.1, -0.05) is 12.1 Å². The van der Waals surface area contributed by atoms with Crippen LogP contribution in [0, 0.1) is 5.82 Å². The van der Waals surface area contributed by atoms with Crippen LogP contribution in [0.1, 0.15) is 17.8 Å². The zero-order valence-electron chi connectivity index (χ0n) is 14.9. The largest absolute Gasteiger partial charge is 0.453 e. The molecule has 1 fully saturated rings. The molecule has 6 nitrogen and oxygen atoms in total. The van der Waals surface area contributed by atoms with Crippen molar-refractivity contribution < 1.29 is 17.6 Å². The molecular formula is C18H18F4N6. The average molecular weight is 394 g/mol. The highest BCUT2D eigenvalue weighted by molar-refractivity contribution is 5.46. The van der Waals surface area contributed by atoms with E-state index in [1.807, 2.05) is 4.90 Å². The van der Waals surface area contributed by atoms with Crippen molar-refractivity contribution in [2.75, 3.05) is 31.1 Å². The van der Waals surface area contributed by atoms with Gasteiger partial charge in [0.2, 0.25) is 0 Å². The van der Waals surface area contributed by atoms with Gasteiger partial charge in [0, 0.05) is 32.7 Å². The van der Waals surface area contributed by atoms with E-state index < -0.39 is 12.0 Å².